The second kappa shape index (κ2) is 8.05. The summed E-state index contributed by atoms with van der Waals surface area (Å²) in [4.78, 5) is 21.9. The Morgan fingerprint density at radius 1 is 1.17 bits per heavy atom. The number of nitro groups is 1. The van der Waals surface area contributed by atoms with Crippen LogP contribution in [0.4, 0.5) is 5.69 Å². The van der Waals surface area contributed by atoms with Crippen molar-refractivity contribution in [2.75, 3.05) is 13.2 Å². The van der Waals surface area contributed by atoms with E-state index >= 15 is 0 Å². The number of carbonyl (C=O) groups is 1. The van der Waals surface area contributed by atoms with E-state index in [9.17, 15) is 14.9 Å². The number of esters is 1. The van der Waals surface area contributed by atoms with Crippen LogP contribution in [0, 0.1) is 17.0 Å². The molecule has 0 saturated heterocycles. The largest absolute Gasteiger partial charge is 0.424 e. The molecule has 120 valence electrons. The topological polar surface area (TPSA) is 78.7 Å². The SMILES string of the molecule is Cc1ccc([N+](=O)[O-])cc1OC(=O)COCCc1ccccc1. The van der Waals surface area contributed by atoms with Crippen LogP contribution in [0.3, 0.4) is 0 Å². The molecule has 2 aromatic carbocycles. The van der Waals surface area contributed by atoms with E-state index in [2.05, 4.69) is 0 Å². The normalized spacial score (nSPS) is 10.3. The van der Waals surface area contributed by atoms with Gasteiger partial charge in [-0.1, -0.05) is 30.3 Å². The van der Waals surface area contributed by atoms with Crippen molar-refractivity contribution in [2.45, 2.75) is 13.3 Å². The Morgan fingerprint density at radius 2 is 1.91 bits per heavy atom. The van der Waals surface area contributed by atoms with Crippen molar-refractivity contribution >= 4 is 11.7 Å². The van der Waals surface area contributed by atoms with Crippen LogP contribution < -0.4 is 4.74 Å². The summed E-state index contributed by atoms with van der Waals surface area (Å²) >= 11 is 0. The fraction of sp³-hybridized carbons (Fsp3) is 0.235. The quantitative estimate of drug-likeness (QED) is 0.258. The fourth-order valence-corrected chi connectivity index (χ4v) is 1.95. The van der Waals surface area contributed by atoms with Gasteiger partial charge in [-0.3, -0.25) is 10.1 Å². The second-order valence-electron chi connectivity index (χ2n) is 4.97. The first-order valence-electron chi connectivity index (χ1n) is 7.13. The molecule has 0 spiro atoms. The summed E-state index contributed by atoms with van der Waals surface area (Å²) in [5.41, 5.74) is 1.65. The van der Waals surface area contributed by atoms with E-state index in [0.717, 1.165) is 5.56 Å². The minimum Gasteiger partial charge on any atom is -0.424 e. The number of nitrogens with zero attached hydrogens (tertiary/aromatic N) is 1. The molecular formula is C17H17NO5. The van der Waals surface area contributed by atoms with Crippen LogP contribution in [-0.2, 0) is 16.0 Å². The van der Waals surface area contributed by atoms with E-state index in [0.29, 0.717) is 18.6 Å². The number of hydrogen-bond donors (Lipinski definition) is 0. The van der Waals surface area contributed by atoms with Gasteiger partial charge in [0.05, 0.1) is 17.6 Å². The van der Waals surface area contributed by atoms with Gasteiger partial charge in [0.1, 0.15) is 12.4 Å². The van der Waals surface area contributed by atoms with E-state index < -0.39 is 10.9 Å². The van der Waals surface area contributed by atoms with Gasteiger partial charge in [0.15, 0.2) is 0 Å². The van der Waals surface area contributed by atoms with E-state index in [-0.39, 0.29) is 18.0 Å². The van der Waals surface area contributed by atoms with E-state index in [1.54, 1.807) is 6.92 Å². The highest BCUT2D eigenvalue weighted by molar-refractivity contribution is 5.74. The number of non-ortho nitro benzene ring substituents is 1. The highest BCUT2D eigenvalue weighted by Gasteiger charge is 2.13. The minimum atomic E-state index is -0.582. The lowest BCUT2D eigenvalue weighted by Gasteiger charge is -2.08. The predicted octanol–water partition coefficient (Wildman–Crippen LogP) is 3.07. The molecule has 0 aromatic heterocycles. The van der Waals surface area contributed by atoms with Crippen molar-refractivity contribution in [1.29, 1.82) is 0 Å². The highest BCUT2D eigenvalue weighted by Crippen LogP contribution is 2.24. The Kier molecular flexibility index (Phi) is 5.82. The minimum absolute atomic E-state index is 0.122. The summed E-state index contributed by atoms with van der Waals surface area (Å²) in [6.45, 7) is 1.91. The number of carbonyl (C=O) groups excluding carboxylic acids is 1. The maximum Gasteiger partial charge on any atom is 0.337 e. The molecule has 0 aliphatic carbocycles. The van der Waals surface area contributed by atoms with Crippen molar-refractivity contribution in [2.24, 2.45) is 0 Å². The Hall–Kier alpha value is -2.73. The highest BCUT2D eigenvalue weighted by atomic mass is 16.6. The summed E-state index contributed by atoms with van der Waals surface area (Å²) in [6.07, 6.45) is 0.698. The lowest BCUT2D eigenvalue weighted by Crippen LogP contribution is -2.17. The first-order chi connectivity index (χ1) is 11.1. The Bertz CT molecular complexity index is 685. The second-order valence-corrected chi connectivity index (χ2v) is 4.97. The number of benzene rings is 2. The van der Waals surface area contributed by atoms with Gasteiger partial charge >= 0.3 is 5.97 Å². The van der Waals surface area contributed by atoms with Crippen LogP contribution in [0.25, 0.3) is 0 Å². The number of nitro benzene ring substituents is 1. The average molecular weight is 315 g/mol. The van der Waals surface area contributed by atoms with Gasteiger partial charge in [0, 0.05) is 6.07 Å². The molecule has 6 heteroatoms. The zero-order valence-electron chi connectivity index (χ0n) is 12.7. The van der Waals surface area contributed by atoms with Gasteiger partial charge < -0.3 is 9.47 Å². The number of hydrogen-bond acceptors (Lipinski definition) is 5. The zero-order chi connectivity index (χ0) is 16.7. The van der Waals surface area contributed by atoms with Crippen molar-refractivity contribution in [3.63, 3.8) is 0 Å². The predicted molar refractivity (Wildman–Crippen MR) is 84.4 cm³/mol. The van der Waals surface area contributed by atoms with Crippen molar-refractivity contribution in [3.8, 4) is 5.75 Å². The monoisotopic (exact) mass is 315 g/mol. The van der Waals surface area contributed by atoms with Crippen molar-refractivity contribution in [3.05, 3.63) is 69.8 Å². The first-order valence-corrected chi connectivity index (χ1v) is 7.13. The smallest absolute Gasteiger partial charge is 0.337 e. The Morgan fingerprint density at radius 3 is 2.61 bits per heavy atom. The average Bonchev–Trinajstić information content (AvgIpc) is 2.54. The van der Waals surface area contributed by atoms with Gasteiger partial charge in [0.25, 0.3) is 5.69 Å². The third kappa shape index (κ3) is 5.19. The molecule has 2 rings (SSSR count). The molecule has 0 fully saturated rings. The number of ether oxygens (including phenoxy) is 2. The molecule has 0 amide bonds. The van der Waals surface area contributed by atoms with Crippen LogP contribution in [0.1, 0.15) is 11.1 Å². The van der Waals surface area contributed by atoms with Gasteiger partial charge in [0.2, 0.25) is 0 Å². The summed E-state index contributed by atoms with van der Waals surface area (Å²) < 4.78 is 10.4. The summed E-state index contributed by atoms with van der Waals surface area (Å²) in [7, 11) is 0. The van der Waals surface area contributed by atoms with E-state index in [4.69, 9.17) is 9.47 Å². The third-order valence-electron chi connectivity index (χ3n) is 3.20. The van der Waals surface area contributed by atoms with Crippen LogP contribution in [0.2, 0.25) is 0 Å². The molecule has 0 heterocycles. The van der Waals surface area contributed by atoms with Gasteiger partial charge in [-0.25, -0.2) is 4.79 Å². The third-order valence-corrected chi connectivity index (χ3v) is 3.20. The van der Waals surface area contributed by atoms with E-state index in [1.807, 2.05) is 30.3 Å². The maximum atomic E-state index is 11.7. The molecule has 0 atom stereocenters. The van der Waals surface area contributed by atoms with Crippen LogP contribution in [-0.4, -0.2) is 24.1 Å². The fourth-order valence-electron chi connectivity index (χ4n) is 1.95. The standard InChI is InChI=1S/C17H17NO5/c1-13-7-8-15(18(20)21)11-16(13)23-17(19)12-22-10-9-14-5-3-2-4-6-14/h2-8,11H,9-10,12H2,1H3. The number of aryl methyl sites for hydroxylation is 1. The van der Waals surface area contributed by atoms with Crippen molar-refractivity contribution in [1.82, 2.24) is 0 Å². The molecule has 6 nitrogen and oxygen atoms in total. The van der Waals surface area contributed by atoms with Gasteiger partial charge in [-0.2, -0.15) is 0 Å². The Balaban J connectivity index is 1.81. The van der Waals surface area contributed by atoms with Gasteiger partial charge in [-0.05, 0) is 30.5 Å². The summed E-state index contributed by atoms with van der Waals surface area (Å²) in [5, 5.41) is 10.7. The molecule has 0 aliphatic rings. The molecule has 0 bridgehead atoms. The maximum absolute atomic E-state index is 11.7. The lowest BCUT2D eigenvalue weighted by atomic mass is 10.2. The van der Waals surface area contributed by atoms with Crippen LogP contribution >= 0.6 is 0 Å². The molecule has 0 saturated carbocycles. The molecule has 0 N–H and O–H groups in total. The molecule has 2 aromatic rings. The summed E-state index contributed by atoms with van der Waals surface area (Å²) in [5.74, 6) is -0.405. The van der Waals surface area contributed by atoms with Crippen molar-refractivity contribution < 1.29 is 19.2 Å². The zero-order valence-corrected chi connectivity index (χ0v) is 12.7. The molecule has 0 unspecified atom stereocenters. The van der Waals surface area contributed by atoms with Crippen LogP contribution in [0.15, 0.2) is 48.5 Å². The molecule has 0 aliphatic heterocycles. The molecular weight excluding hydrogens is 298 g/mol. The lowest BCUT2D eigenvalue weighted by molar-refractivity contribution is -0.384. The summed E-state index contributed by atoms with van der Waals surface area (Å²) in [6, 6.07) is 13.9. The molecule has 0 radical (unpaired) electrons. The van der Waals surface area contributed by atoms with Gasteiger partial charge in [-0.15, -0.1) is 0 Å². The van der Waals surface area contributed by atoms with E-state index in [1.165, 1.54) is 18.2 Å². The molecule has 23 heavy (non-hydrogen) atoms. The first kappa shape index (κ1) is 16.6. The Labute approximate surface area is 133 Å². The van der Waals surface area contributed by atoms with Crippen LogP contribution in [0.5, 0.6) is 5.75 Å². The number of rotatable bonds is 7.